The van der Waals surface area contributed by atoms with Gasteiger partial charge in [-0.2, -0.15) is 0 Å². The van der Waals surface area contributed by atoms with Crippen LogP contribution >= 0.6 is 0 Å². The number of aliphatic hydroxyl groups is 1. The molecular weight excluding hydrogens is 272 g/mol. The van der Waals surface area contributed by atoms with Gasteiger partial charge in [-0.1, -0.05) is 57.6 Å². The van der Waals surface area contributed by atoms with E-state index in [0.717, 1.165) is 19.3 Å². The van der Waals surface area contributed by atoms with Crippen LogP contribution < -0.4 is 5.32 Å². The number of aliphatic hydroxyl groups excluding tert-OH is 1. The lowest BCUT2D eigenvalue weighted by Crippen LogP contribution is -2.40. The van der Waals surface area contributed by atoms with E-state index >= 15 is 0 Å². The molecule has 2 atom stereocenters. The fraction of sp³-hybridized carbons (Fsp3) is 0.789. The average Bonchev–Trinajstić information content (AvgIpc) is 2.97. The minimum absolute atomic E-state index is 0.261. The molecule has 3 heteroatoms. The first-order valence-corrected chi connectivity index (χ1v) is 9.29. The van der Waals surface area contributed by atoms with Gasteiger partial charge in [0.25, 0.3) is 0 Å². The molecule has 1 aliphatic heterocycles. The Hall–Kier alpha value is -0.960. The molecule has 0 aromatic rings. The van der Waals surface area contributed by atoms with E-state index in [2.05, 4.69) is 24.4 Å². The number of hydrogen-bond donors (Lipinski definition) is 2. The summed E-state index contributed by atoms with van der Waals surface area (Å²) >= 11 is 0. The minimum Gasteiger partial charge on any atom is -0.374 e. The molecule has 0 aromatic carbocycles. The van der Waals surface area contributed by atoms with Gasteiger partial charge in [0, 0.05) is 12.4 Å². The van der Waals surface area contributed by atoms with Crippen LogP contribution in [-0.2, 0) is 0 Å². The normalized spacial score (nSPS) is 19.0. The zero-order chi connectivity index (χ0) is 16.0. The molecule has 1 heterocycles. The summed E-state index contributed by atoms with van der Waals surface area (Å²) in [5.74, 6) is 0. The summed E-state index contributed by atoms with van der Waals surface area (Å²) in [6.45, 7) is 4.08. The van der Waals surface area contributed by atoms with Gasteiger partial charge in [0.2, 0.25) is 0 Å². The first-order chi connectivity index (χ1) is 10.8. The summed E-state index contributed by atoms with van der Waals surface area (Å²) in [6, 6.07) is 0. The Morgan fingerprint density at radius 2 is 1.68 bits per heavy atom. The lowest BCUT2D eigenvalue weighted by atomic mass is 10.1. The number of allylic oxidation sites excluding steroid dienone is 2. The van der Waals surface area contributed by atoms with Gasteiger partial charge in [-0.15, -0.1) is 0 Å². The van der Waals surface area contributed by atoms with Crippen LogP contribution in [0.1, 0.15) is 84.5 Å². The molecule has 0 fully saturated rings. The second-order valence-corrected chi connectivity index (χ2v) is 6.39. The molecule has 1 rings (SSSR count). The maximum atomic E-state index is 9.63. The zero-order valence-electron chi connectivity index (χ0n) is 14.6. The van der Waals surface area contributed by atoms with Gasteiger partial charge in [-0.05, 0) is 39.0 Å². The van der Waals surface area contributed by atoms with E-state index in [-0.39, 0.29) is 6.17 Å². The van der Waals surface area contributed by atoms with Crippen molar-refractivity contribution in [1.82, 2.24) is 10.2 Å². The second-order valence-electron chi connectivity index (χ2n) is 6.39. The summed E-state index contributed by atoms with van der Waals surface area (Å²) in [7, 11) is 0. The summed E-state index contributed by atoms with van der Waals surface area (Å²) < 4.78 is 0. The van der Waals surface area contributed by atoms with E-state index < -0.39 is 6.23 Å². The van der Waals surface area contributed by atoms with Crippen LogP contribution in [0.15, 0.2) is 24.6 Å². The Balaban J connectivity index is 1.90. The van der Waals surface area contributed by atoms with Crippen LogP contribution in [0.5, 0.6) is 0 Å². The Labute approximate surface area is 137 Å². The standard InChI is InChI=1S/C19H36N2O/c1-3-4-5-6-7-8-9-10-11-12-13-14-15-19-20-16-17-21(19)18(2)22/h11-12,16-20,22H,3-10,13-15H2,1-2H3/b12-11+. The number of nitrogens with zero attached hydrogens (tertiary/aromatic N) is 1. The SMILES string of the molecule is CCCCCCCCC/C=C/CCCC1NC=CN1C(C)O. The molecule has 2 N–H and O–H groups in total. The Morgan fingerprint density at radius 3 is 2.36 bits per heavy atom. The molecular formula is C19H36N2O. The molecule has 0 amide bonds. The smallest absolute Gasteiger partial charge is 0.125 e. The molecule has 0 spiro atoms. The lowest BCUT2D eigenvalue weighted by Gasteiger charge is -2.27. The molecule has 0 aliphatic carbocycles. The van der Waals surface area contributed by atoms with Gasteiger partial charge in [0.1, 0.15) is 12.4 Å². The summed E-state index contributed by atoms with van der Waals surface area (Å²) in [5.41, 5.74) is 0. The summed E-state index contributed by atoms with van der Waals surface area (Å²) in [6.07, 6.45) is 22.7. The maximum absolute atomic E-state index is 9.63. The number of hydrogen-bond acceptors (Lipinski definition) is 3. The highest BCUT2D eigenvalue weighted by Crippen LogP contribution is 2.14. The Morgan fingerprint density at radius 1 is 1.05 bits per heavy atom. The molecule has 0 aromatic heterocycles. The van der Waals surface area contributed by atoms with Crippen molar-refractivity contribution in [2.45, 2.75) is 96.9 Å². The Bertz CT molecular complexity index is 313. The van der Waals surface area contributed by atoms with Crippen LogP contribution in [0.3, 0.4) is 0 Å². The van der Waals surface area contributed by atoms with Crippen molar-refractivity contribution in [2.24, 2.45) is 0 Å². The monoisotopic (exact) mass is 308 g/mol. The van der Waals surface area contributed by atoms with Crippen LogP contribution in [0.2, 0.25) is 0 Å². The third-order valence-electron chi connectivity index (χ3n) is 4.32. The van der Waals surface area contributed by atoms with Crippen LogP contribution in [0.25, 0.3) is 0 Å². The van der Waals surface area contributed by atoms with Crippen molar-refractivity contribution in [3.63, 3.8) is 0 Å². The summed E-state index contributed by atoms with van der Waals surface area (Å²) in [5, 5.41) is 12.9. The van der Waals surface area contributed by atoms with Gasteiger partial charge in [-0.25, -0.2) is 0 Å². The topological polar surface area (TPSA) is 35.5 Å². The van der Waals surface area contributed by atoms with E-state index in [4.69, 9.17) is 0 Å². The number of rotatable bonds is 13. The van der Waals surface area contributed by atoms with Crippen LogP contribution in [0, 0.1) is 0 Å². The molecule has 3 nitrogen and oxygen atoms in total. The molecule has 0 saturated carbocycles. The largest absolute Gasteiger partial charge is 0.374 e. The van der Waals surface area contributed by atoms with Crippen molar-refractivity contribution >= 4 is 0 Å². The molecule has 0 radical (unpaired) electrons. The van der Waals surface area contributed by atoms with Crippen molar-refractivity contribution in [2.75, 3.05) is 0 Å². The van der Waals surface area contributed by atoms with Crippen molar-refractivity contribution in [3.05, 3.63) is 24.6 Å². The highest BCUT2D eigenvalue weighted by molar-refractivity contribution is 4.94. The molecule has 22 heavy (non-hydrogen) atoms. The predicted molar refractivity (Wildman–Crippen MR) is 95.2 cm³/mol. The third-order valence-corrected chi connectivity index (χ3v) is 4.32. The zero-order valence-corrected chi connectivity index (χ0v) is 14.6. The number of nitrogens with one attached hydrogen (secondary N) is 1. The van der Waals surface area contributed by atoms with Crippen LogP contribution in [-0.4, -0.2) is 22.4 Å². The van der Waals surface area contributed by atoms with Gasteiger partial charge in [0.15, 0.2) is 0 Å². The average molecular weight is 309 g/mol. The maximum Gasteiger partial charge on any atom is 0.125 e. The molecule has 2 unspecified atom stereocenters. The van der Waals surface area contributed by atoms with Gasteiger partial charge in [-0.3, -0.25) is 0 Å². The van der Waals surface area contributed by atoms with Crippen LogP contribution in [0.4, 0.5) is 0 Å². The fourth-order valence-electron chi connectivity index (χ4n) is 2.93. The van der Waals surface area contributed by atoms with Gasteiger partial charge < -0.3 is 15.3 Å². The second kappa shape index (κ2) is 12.6. The highest BCUT2D eigenvalue weighted by atomic mass is 16.3. The summed E-state index contributed by atoms with van der Waals surface area (Å²) in [4.78, 5) is 1.97. The van der Waals surface area contributed by atoms with Crippen molar-refractivity contribution in [1.29, 1.82) is 0 Å². The Kier molecular flexibility index (Phi) is 10.9. The lowest BCUT2D eigenvalue weighted by molar-refractivity contribution is 0.0257. The molecule has 0 bridgehead atoms. The van der Waals surface area contributed by atoms with E-state index in [9.17, 15) is 5.11 Å². The third kappa shape index (κ3) is 8.47. The minimum atomic E-state index is -0.413. The molecule has 0 saturated heterocycles. The van der Waals surface area contributed by atoms with E-state index in [1.54, 1.807) is 0 Å². The number of unbranched alkanes of at least 4 members (excludes halogenated alkanes) is 8. The first-order valence-electron chi connectivity index (χ1n) is 9.29. The fourth-order valence-corrected chi connectivity index (χ4v) is 2.93. The highest BCUT2D eigenvalue weighted by Gasteiger charge is 2.20. The molecule has 128 valence electrons. The van der Waals surface area contributed by atoms with Crippen molar-refractivity contribution in [3.8, 4) is 0 Å². The van der Waals surface area contributed by atoms with E-state index in [1.165, 1.54) is 51.4 Å². The quantitative estimate of drug-likeness (QED) is 0.375. The van der Waals surface area contributed by atoms with E-state index in [0.29, 0.717) is 0 Å². The first kappa shape index (κ1) is 19.1. The van der Waals surface area contributed by atoms with E-state index in [1.807, 2.05) is 24.2 Å². The molecule has 1 aliphatic rings. The van der Waals surface area contributed by atoms with Crippen molar-refractivity contribution < 1.29 is 5.11 Å². The van der Waals surface area contributed by atoms with Gasteiger partial charge >= 0.3 is 0 Å². The predicted octanol–water partition coefficient (Wildman–Crippen LogP) is 4.89. The van der Waals surface area contributed by atoms with Gasteiger partial charge in [0.05, 0.1) is 0 Å².